The molecule has 0 aromatic carbocycles. The minimum Gasteiger partial charge on any atom is -0.341 e. The molecule has 1 heterocycles. The van der Waals surface area contributed by atoms with Crippen molar-refractivity contribution < 1.29 is 4.79 Å². The van der Waals surface area contributed by atoms with Crippen LogP contribution < -0.4 is 0 Å². The second-order valence-corrected chi connectivity index (χ2v) is 4.29. The molecule has 1 amide bonds. The molecule has 0 saturated carbocycles. The molecule has 0 spiro atoms. The Balaban J connectivity index is 2.23. The van der Waals surface area contributed by atoms with Crippen LogP contribution in [0.2, 0.25) is 0 Å². The molecule has 3 heteroatoms. The van der Waals surface area contributed by atoms with Gasteiger partial charge >= 0.3 is 0 Å². The van der Waals surface area contributed by atoms with E-state index < -0.39 is 0 Å². The second-order valence-electron chi connectivity index (χ2n) is 4.29. The first-order valence-corrected chi connectivity index (χ1v) is 6.17. The predicted octanol–water partition coefficient (Wildman–Crippen LogP) is 1.20. The van der Waals surface area contributed by atoms with E-state index in [9.17, 15) is 4.79 Å². The summed E-state index contributed by atoms with van der Waals surface area (Å²) in [7, 11) is 0. The quantitative estimate of drug-likeness (QED) is 0.630. The number of carbonyl (C=O) groups excluding carboxylic acids is 1. The van der Waals surface area contributed by atoms with Crippen molar-refractivity contribution in [3.05, 3.63) is 0 Å². The fourth-order valence-electron chi connectivity index (χ4n) is 2.12. The van der Waals surface area contributed by atoms with Gasteiger partial charge < -0.3 is 9.80 Å². The summed E-state index contributed by atoms with van der Waals surface area (Å²) < 4.78 is 0. The van der Waals surface area contributed by atoms with Crippen LogP contribution in [0.25, 0.3) is 0 Å². The van der Waals surface area contributed by atoms with Gasteiger partial charge in [0.15, 0.2) is 0 Å². The molecule has 0 bridgehead atoms. The zero-order valence-corrected chi connectivity index (χ0v) is 10.4. The molecule has 1 saturated heterocycles. The van der Waals surface area contributed by atoms with Gasteiger partial charge in [-0.05, 0) is 26.1 Å². The molecule has 1 unspecified atom stereocenters. The lowest BCUT2D eigenvalue weighted by Crippen LogP contribution is -2.31. The number of terminal acetylenes is 1. The number of nitrogens with zero attached hydrogens (tertiary/aromatic N) is 2. The predicted molar refractivity (Wildman–Crippen MR) is 65.9 cm³/mol. The molecular weight excluding hydrogens is 200 g/mol. The Kier molecular flexibility index (Phi) is 5.34. The molecule has 1 aliphatic rings. The van der Waals surface area contributed by atoms with Crippen LogP contribution in [0.1, 0.15) is 26.7 Å². The van der Waals surface area contributed by atoms with Gasteiger partial charge in [0.25, 0.3) is 0 Å². The van der Waals surface area contributed by atoms with Crippen LogP contribution in [-0.2, 0) is 4.79 Å². The van der Waals surface area contributed by atoms with Crippen molar-refractivity contribution in [3.8, 4) is 12.3 Å². The smallest absolute Gasteiger partial charge is 0.223 e. The van der Waals surface area contributed by atoms with Crippen LogP contribution in [0.5, 0.6) is 0 Å². The Hall–Kier alpha value is -1.01. The zero-order chi connectivity index (χ0) is 12.0. The molecule has 0 N–H and O–H groups in total. The first-order valence-electron chi connectivity index (χ1n) is 6.17. The summed E-state index contributed by atoms with van der Waals surface area (Å²) in [5, 5.41) is 0. The highest BCUT2D eigenvalue weighted by atomic mass is 16.2. The molecular formula is C13H22N2O. The van der Waals surface area contributed by atoms with E-state index in [0.29, 0.717) is 6.42 Å². The summed E-state index contributed by atoms with van der Waals surface area (Å²) in [6.07, 6.45) is 6.93. The summed E-state index contributed by atoms with van der Waals surface area (Å²) >= 11 is 0. The van der Waals surface area contributed by atoms with Gasteiger partial charge in [0.2, 0.25) is 5.91 Å². The van der Waals surface area contributed by atoms with E-state index in [1.54, 1.807) is 0 Å². The summed E-state index contributed by atoms with van der Waals surface area (Å²) in [4.78, 5) is 15.9. The van der Waals surface area contributed by atoms with Crippen molar-refractivity contribution in [3.63, 3.8) is 0 Å². The first kappa shape index (κ1) is 13.1. The molecule has 0 aliphatic carbocycles. The third-order valence-corrected chi connectivity index (χ3v) is 3.25. The van der Waals surface area contributed by atoms with Gasteiger partial charge in [-0.25, -0.2) is 0 Å². The van der Waals surface area contributed by atoms with Crippen LogP contribution >= 0.6 is 0 Å². The molecule has 1 atom stereocenters. The van der Waals surface area contributed by atoms with Gasteiger partial charge in [-0.3, -0.25) is 4.79 Å². The first-order chi connectivity index (χ1) is 7.71. The Morgan fingerprint density at radius 3 is 2.69 bits per heavy atom. The Bertz CT molecular complexity index is 266. The molecule has 3 nitrogen and oxygen atoms in total. The topological polar surface area (TPSA) is 23.6 Å². The summed E-state index contributed by atoms with van der Waals surface area (Å²) in [5.41, 5.74) is 0. The number of hydrogen-bond acceptors (Lipinski definition) is 2. The van der Waals surface area contributed by atoms with Crippen LogP contribution in [0.4, 0.5) is 0 Å². The molecule has 0 aromatic rings. The van der Waals surface area contributed by atoms with Gasteiger partial charge in [-0.15, -0.1) is 12.3 Å². The Morgan fingerprint density at radius 1 is 1.50 bits per heavy atom. The summed E-state index contributed by atoms with van der Waals surface area (Å²) in [5.74, 6) is 3.04. The van der Waals surface area contributed by atoms with Gasteiger partial charge in [-0.2, -0.15) is 0 Å². The molecule has 1 rings (SSSR count). The van der Waals surface area contributed by atoms with Crippen LogP contribution in [0, 0.1) is 18.3 Å². The Labute approximate surface area is 98.8 Å². The third kappa shape index (κ3) is 3.53. The summed E-state index contributed by atoms with van der Waals surface area (Å²) in [6.45, 7) is 9.17. The van der Waals surface area contributed by atoms with Gasteiger partial charge in [-0.1, -0.05) is 13.8 Å². The highest BCUT2D eigenvalue weighted by molar-refractivity contribution is 5.79. The van der Waals surface area contributed by atoms with Crippen LogP contribution in [0.3, 0.4) is 0 Å². The zero-order valence-electron chi connectivity index (χ0n) is 10.4. The van der Waals surface area contributed by atoms with Crippen molar-refractivity contribution in [1.82, 2.24) is 9.80 Å². The largest absolute Gasteiger partial charge is 0.341 e. The second kappa shape index (κ2) is 6.55. The van der Waals surface area contributed by atoms with E-state index in [2.05, 4.69) is 24.7 Å². The minimum atomic E-state index is 0.140. The number of hydrogen-bond donors (Lipinski definition) is 0. The van der Waals surface area contributed by atoms with E-state index in [0.717, 1.165) is 39.1 Å². The number of carbonyl (C=O) groups is 1. The SMILES string of the molecule is C#CC1CC(=O)N(CCCN(CC)CC)C1. The number of amides is 1. The van der Waals surface area contributed by atoms with Gasteiger partial charge in [0.05, 0.1) is 0 Å². The maximum absolute atomic E-state index is 11.6. The fraction of sp³-hybridized carbons (Fsp3) is 0.769. The van der Waals surface area contributed by atoms with Crippen molar-refractivity contribution in [2.24, 2.45) is 5.92 Å². The average Bonchev–Trinajstić information content (AvgIpc) is 2.66. The average molecular weight is 222 g/mol. The van der Waals surface area contributed by atoms with Gasteiger partial charge in [0.1, 0.15) is 0 Å². The monoisotopic (exact) mass is 222 g/mol. The molecule has 0 aromatic heterocycles. The number of rotatable bonds is 6. The lowest BCUT2D eigenvalue weighted by molar-refractivity contribution is -0.127. The lowest BCUT2D eigenvalue weighted by atomic mass is 10.1. The van der Waals surface area contributed by atoms with E-state index in [-0.39, 0.29) is 11.8 Å². The molecule has 16 heavy (non-hydrogen) atoms. The lowest BCUT2D eigenvalue weighted by Gasteiger charge is -2.20. The number of likely N-dealkylation sites (tertiary alicyclic amines) is 1. The minimum absolute atomic E-state index is 0.140. The van der Waals surface area contributed by atoms with E-state index in [1.807, 2.05) is 4.90 Å². The highest BCUT2D eigenvalue weighted by Gasteiger charge is 2.27. The van der Waals surface area contributed by atoms with E-state index in [4.69, 9.17) is 6.42 Å². The van der Waals surface area contributed by atoms with Crippen LogP contribution in [-0.4, -0.2) is 48.4 Å². The van der Waals surface area contributed by atoms with Crippen LogP contribution in [0.15, 0.2) is 0 Å². The maximum Gasteiger partial charge on any atom is 0.223 e. The fourth-order valence-corrected chi connectivity index (χ4v) is 2.12. The normalized spacial score (nSPS) is 20.5. The van der Waals surface area contributed by atoms with Crippen molar-refractivity contribution in [2.75, 3.05) is 32.7 Å². The third-order valence-electron chi connectivity index (χ3n) is 3.25. The molecule has 0 radical (unpaired) electrons. The maximum atomic E-state index is 11.6. The Morgan fingerprint density at radius 2 is 2.19 bits per heavy atom. The van der Waals surface area contributed by atoms with Crippen molar-refractivity contribution in [2.45, 2.75) is 26.7 Å². The van der Waals surface area contributed by atoms with Crippen molar-refractivity contribution in [1.29, 1.82) is 0 Å². The van der Waals surface area contributed by atoms with E-state index in [1.165, 1.54) is 0 Å². The molecule has 1 fully saturated rings. The molecule has 1 aliphatic heterocycles. The van der Waals surface area contributed by atoms with E-state index >= 15 is 0 Å². The van der Waals surface area contributed by atoms with Gasteiger partial charge in [0, 0.05) is 25.4 Å². The highest BCUT2D eigenvalue weighted by Crippen LogP contribution is 2.16. The standard InChI is InChI=1S/C13H22N2O/c1-4-12-10-13(16)15(11-12)9-7-8-14(5-2)6-3/h1,12H,5-11H2,2-3H3. The molecule has 90 valence electrons. The summed E-state index contributed by atoms with van der Waals surface area (Å²) in [6, 6.07) is 0. The van der Waals surface area contributed by atoms with Crippen molar-refractivity contribution >= 4 is 5.91 Å².